The molecule has 2 aromatic rings. The van der Waals surface area contributed by atoms with Gasteiger partial charge in [0.05, 0.1) is 13.7 Å². The van der Waals surface area contributed by atoms with Gasteiger partial charge < -0.3 is 14.8 Å². The molecule has 0 heterocycles. The number of rotatable bonds is 6. The number of methoxy groups -OCH3 is 1. The van der Waals surface area contributed by atoms with E-state index >= 15 is 0 Å². The molecule has 0 saturated carbocycles. The maximum atomic E-state index is 12.4. The zero-order valence-corrected chi connectivity index (χ0v) is 17.3. The molecule has 134 valence electrons. The highest BCUT2D eigenvalue weighted by molar-refractivity contribution is 9.10. The number of nitrogens with one attached hydrogen (secondary N) is 1. The SMILES string of the molecule is CCOc1cc(/C=C(\C#N)C(=O)Nc2ccc(Br)cc2)c(Br)cc1OC. The number of carbonyl (C=O) groups excluding carboxylic acids is 1. The van der Waals surface area contributed by atoms with Crippen molar-refractivity contribution in [2.24, 2.45) is 0 Å². The second kappa shape index (κ2) is 9.41. The minimum Gasteiger partial charge on any atom is -0.493 e. The average molecular weight is 480 g/mol. The quantitative estimate of drug-likeness (QED) is 0.458. The minimum absolute atomic E-state index is 0.0266. The number of hydrogen-bond acceptors (Lipinski definition) is 4. The van der Waals surface area contributed by atoms with Gasteiger partial charge >= 0.3 is 0 Å². The van der Waals surface area contributed by atoms with Gasteiger partial charge in [-0.05, 0) is 55.0 Å². The van der Waals surface area contributed by atoms with E-state index in [1.807, 2.05) is 13.0 Å². The van der Waals surface area contributed by atoms with E-state index in [0.29, 0.717) is 33.8 Å². The van der Waals surface area contributed by atoms with Crippen molar-refractivity contribution in [1.29, 1.82) is 5.26 Å². The largest absolute Gasteiger partial charge is 0.493 e. The Kier molecular flexibility index (Phi) is 7.25. The van der Waals surface area contributed by atoms with Crippen molar-refractivity contribution in [3.63, 3.8) is 0 Å². The van der Waals surface area contributed by atoms with Crippen LogP contribution in [0.15, 0.2) is 50.9 Å². The van der Waals surface area contributed by atoms with Crippen molar-refractivity contribution in [3.8, 4) is 17.6 Å². The number of nitrogens with zero attached hydrogens (tertiary/aromatic N) is 1. The summed E-state index contributed by atoms with van der Waals surface area (Å²) in [7, 11) is 1.55. The van der Waals surface area contributed by atoms with Gasteiger partial charge in [0.15, 0.2) is 11.5 Å². The van der Waals surface area contributed by atoms with E-state index in [0.717, 1.165) is 4.47 Å². The predicted molar refractivity (Wildman–Crippen MR) is 108 cm³/mol. The second-order valence-corrected chi connectivity index (χ2v) is 6.86. The molecule has 0 saturated heterocycles. The van der Waals surface area contributed by atoms with Crippen LogP contribution in [-0.2, 0) is 4.79 Å². The number of carbonyl (C=O) groups is 1. The Morgan fingerprint density at radius 1 is 1.23 bits per heavy atom. The number of hydrogen-bond donors (Lipinski definition) is 1. The molecule has 1 N–H and O–H groups in total. The molecule has 0 bridgehead atoms. The van der Waals surface area contributed by atoms with Gasteiger partial charge in [-0.15, -0.1) is 0 Å². The minimum atomic E-state index is -0.490. The highest BCUT2D eigenvalue weighted by Gasteiger charge is 2.13. The monoisotopic (exact) mass is 478 g/mol. The molecular weight excluding hydrogens is 464 g/mol. The third-order valence-corrected chi connectivity index (χ3v) is 4.57. The maximum Gasteiger partial charge on any atom is 0.266 e. The summed E-state index contributed by atoms with van der Waals surface area (Å²) in [5.74, 6) is 0.610. The third-order valence-electron chi connectivity index (χ3n) is 3.35. The lowest BCUT2D eigenvalue weighted by atomic mass is 10.1. The van der Waals surface area contributed by atoms with Crippen molar-refractivity contribution in [3.05, 3.63) is 56.5 Å². The number of amides is 1. The summed E-state index contributed by atoms with van der Waals surface area (Å²) in [6, 6.07) is 12.5. The summed E-state index contributed by atoms with van der Waals surface area (Å²) in [5, 5.41) is 12.1. The van der Waals surface area contributed by atoms with E-state index in [1.165, 1.54) is 6.08 Å². The molecule has 26 heavy (non-hydrogen) atoms. The number of nitriles is 1. The van der Waals surface area contributed by atoms with Crippen LogP contribution < -0.4 is 14.8 Å². The molecule has 5 nitrogen and oxygen atoms in total. The molecule has 2 aromatic carbocycles. The van der Waals surface area contributed by atoms with Gasteiger partial charge in [-0.2, -0.15) is 5.26 Å². The van der Waals surface area contributed by atoms with Crippen molar-refractivity contribution < 1.29 is 14.3 Å². The number of benzene rings is 2. The van der Waals surface area contributed by atoms with Gasteiger partial charge in [-0.25, -0.2) is 0 Å². The Labute approximate surface area is 168 Å². The summed E-state index contributed by atoms with van der Waals surface area (Å²) in [5.41, 5.74) is 1.21. The number of halogens is 2. The summed E-state index contributed by atoms with van der Waals surface area (Å²) >= 11 is 6.76. The van der Waals surface area contributed by atoms with E-state index in [-0.39, 0.29) is 5.57 Å². The topological polar surface area (TPSA) is 71.3 Å². The van der Waals surface area contributed by atoms with Crippen LogP contribution >= 0.6 is 31.9 Å². The Balaban J connectivity index is 2.32. The molecule has 0 unspecified atom stereocenters. The van der Waals surface area contributed by atoms with Gasteiger partial charge in [0, 0.05) is 14.6 Å². The highest BCUT2D eigenvalue weighted by Crippen LogP contribution is 2.34. The molecule has 0 atom stereocenters. The van der Waals surface area contributed by atoms with E-state index < -0.39 is 5.91 Å². The van der Waals surface area contributed by atoms with Crippen LogP contribution in [0.3, 0.4) is 0 Å². The van der Waals surface area contributed by atoms with Crippen LogP contribution in [0.4, 0.5) is 5.69 Å². The predicted octanol–water partition coefficient (Wildman–Crippen LogP) is 5.16. The first-order chi connectivity index (χ1) is 12.5. The van der Waals surface area contributed by atoms with Crippen LogP contribution in [0.1, 0.15) is 12.5 Å². The molecule has 7 heteroatoms. The summed E-state index contributed by atoms with van der Waals surface area (Å²) < 4.78 is 12.4. The van der Waals surface area contributed by atoms with Gasteiger partial charge in [0.2, 0.25) is 0 Å². The smallest absolute Gasteiger partial charge is 0.266 e. The van der Waals surface area contributed by atoms with Gasteiger partial charge in [-0.1, -0.05) is 31.9 Å². The van der Waals surface area contributed by atoms with Crippen molar-refractivity contribution in [1.82, 2.24) is 0 Å². The van der Waals surface area contributed by atoms with Crippen LogP contribution in [0.5, 0.6) is 11.5 Å². The van der Waals surface area contributed by atoms with Crippen molar-refractivity contribution in [2.45, 2.75) is 6.92 Å². The molecular formula is C19H16Br2N2O3. The van der Waals surface area contributed by atoms with Crippen LogP contribution in [0.2, 0.25) is 0 Å². The lowest BCUT2D eigenvalue weighted by Gasteiger charge is -2.12. The molecule has 2 rings (SSSR count). The molecule has 0 radical (unpaired) electrons. The Morgan fingerprint density at radius 3 is 2.50 bits per heavy atom. The molecule has 0 spiro atoms. The molecule has 0 aromatic heterocycles. The fraction of sp³-hybridized carbons (Fsp3) is 0.158. The zero-order valence-electron chi connectivity index (χ0n) is 14.2. The second-order valence-electron chi connectivity index (χ2n) is 5.09. The summed E-state index contributed by atoms with van der Waals surface area (Å²) in [6.45, 7) is 2.33. The normalized spacial score (nSPS) is 10.8. The van der Waals surface area contributed by atoms with E-state index in [1.54, 1.807) is 43.5 Å². The van der Waals surface area contributed by atoms with E-state index in [9.17, 15) is 10.1 Å². The third kappa shape index (κ3) is 5.10. The molecule has 0 aliphatic rings. The van der Waals surface area contributed by atoms with Gasteiger partial charge in [0.25, 0.3) is 5.91 Å². The first-order valence-electron chi connectivity index (χ1n) is 7.67. The Bertz CT molecular complexity index is 872. The number of ether oxygens (including phenoxy) is 2. The average Bonchev–Trinajstić information content (AvgIpc) is 2.63. The lowest BCUT2D eigenvalue weighted by Crippen LogP contribution is -2.13. The maximum absolute atomic E-state index is 12.4. The fourth-order valence-corrected chi connectivity index (χ4v) is 2.83. The first kappa shape index (κ1) is 20.0. The molecule has 0 fully saturated rings. The molecule has 0 aliphatic heterocycles. The van der Waals surface area contributed by atoms with Crippen LogP contribution in [0, 0.1) is 11.3 Å². The first-order valence-corrected chi connectivity index (χ1v) is 9.26. The van der Waals surface area contributed by atoms with Crippen LogP contribution in [-0.4, -0.2) is 19.6 Å². The van der Waals surface area contributed by atoms with Gasteiger partial charge in [0.1, 0.15) is 11.6 Å². The standard InChI is InChI=1S/C19H16Br2N2O3/c1-3-26-18-9-12(16(21)10-17(18)25-2)8-13(11-22)19(24)23-15-6-4-14(20)5-7-15/h4-10H,3H2,1-2H3,(H,23,24)/b13-8+. The lowest BCUT2D eigenvalue weighted by molar-refractivity contribution is -0.112. The van der Waals surface area contributed by atoms with Crippen molar-refractivity contribution in [2.75, 3.05) is 19.0 Å². The van der Waals surface area contributed by atoms with E-state index in [4.69, 9.17) is 9.47 Å². The Hall–Kier alpha value is -2.30. The highest BCUT2D eigenvalue weighted by atomic mass is 79.9. The fourth-order valence-electron chi connectivity index (χ4n) is 2.13. The zero-order chi connectivity index (χ0) is 19.1. The summed E-state index contributed by atoms with van der Waals surface area (Å²) in [4.78, 5) is 12.4. The summed E-state index contributed by atoms with van der Waals surface area (Å²) in [6.07, 6.45) is 1.50. The Morgan fingerprint density at radius 2 is 1.92 bits per heavy atom. The van der Waals surface area contributed by atoms with Crippen LogP contribution in [0.25, 0.3) is 6.08 Å². The van der Waals surface area contributed by atoms with Gasteiger partial charge in [-0.3, -0.25) is 4.79 Å². The number of anilines is 1. The molecule has 1 amide bonds. The van der Waals surface area contributed by atoms with E-state index in [2.05, 4.69) is 37.2 Å². The molecule has 0 aliphatic carbocycles. The van der Waals surface area contributed by atoms with Crippen molar-refractivity contribution >= 4 is 49.5 Å².